The fraction of sp³-hybridized carbons (Fsp3) is 0.417. The average Bonchev–Trinajstić information content (AvgIpc) is 3.00. The predicted octanol–water partition coefficient (Wildman–Crippen LogP) is 4.25. The van der Waals surface area contributed by atoms with Gasteiger partial charge in [-0.3, -0.25) is 19.7 Å². The van der Waals surface area contributed by atoms with E-state index >= 15 is 0 Å². The van der Waals surface area contributed by atoms with Gasteiger partial charge in [-0.1, -0.05) is 37.6 Å². The molecule has 1 saturated heterocycles. The average molecular weight is 424 g/mol. The second-order valence-corrected chi connectivity index (χ2v) is 7.96. The number of unbranched alkanes of at least 4 members (excludes halogenated alkanes) is 1. The number of nitro groups is 1. The first-order chi connectivity index (χ1) is 15.0. The summed E-state index contributed by atoms with van der Waals surface area (Å²) >= 11 is 0. The molecule has 0 aromatic heterocycles. The number of amides is 2. The van der Waals surface area contributed by atoms with Crippen molar-refractivity contribution in [2.45, 2.75) is 58.0 Å². The molecule has 31 heavy (non-hydrogen) atoms. The highest BCUT2D eigenvalue weighted by Crippen LogP contribution is 2.21. The molecular weight excluding hydrogens is 394 g/mol. The molecule has 3 rings (SSSR count). The lowest BCUT2D eigenvalue weighted by atomic mass is 10.0. The highest BCUT2D eigenvalue weighted by atomic mass is 16.6. The van der Waals surface area contributed by atoms with Crippen molar-refractivity contribution < 1.29 is 14.5 Å². The number of carbonyl (C=O) groups excluding carboxylic acids is 2. The number of benzene rings is 2. The van der Waals surface area contributed by atoms with Gasteiger partial charge in [0.1, 0.15) is 6.04 Å². The van der Waals surface area contributed by atoms with Crippen LogP contribution in [0.25, 0.3) is 0 Å². The third kappa shape index (κ3) is 5.90. The maximum absolute atomic E-state index is 13.4. The zero-order valence-corrected chi connectivity index (χ0v) is 17.9. The van der Waals surface area contributed by atoms with Crippen LogP contribution in [0.2, 0.25) is 0 Å². The van der Waals surface area contributed by atoms with Crippen LogP contribution in [-0.4, -0.2) is 34.2 Å². The van der Waals surface area contributed by atoms with Crippen molar-refractivity contribution in [1.82, 2.24) is 10.2 Å². The standard InChI is InChI=1S/C24H29N3O4/c1-2-3-6-18-8-12-20(13-9-18)24(29)26(22-7-4-5-16-25-23(22)28)17-19-10-14-21(15-11-19)27(30)31/h8-15,22H,2-7,16-17H2,1H3,(H,25,28). The first-order valence-electron chi connectivity index (χ1n) is 10.9. The number of rotatable bonds is 8. The Kier molecular flexibility index (Phi) is 7.76. The summed E-state index contributed by atoms with van der Waals surface area (Å²) in [5.74, 6) is -0.352. The van der Waals surface area contributed by atoms with Crippen LogP contribution in [0, 0.1) is 10.1 Å². The van der Waals surface area contributed by atoms with E-state index in [1.807, 2.05) is 24.3 Å². The lowest BCUT2D eigenvalue weighted by Gasteiger charge is -2.30. The highest BCUT2D eigenvalue weighted by Gasteiger charge is 2.31. The van der Waals surface area contributed by atoms with Crippen molar-refractivity contribution in [2.75, 3.05) is 6.54 Å². The van der Waals surface area contributed by atoms with Gasteiger partial charge in [0, 0.05) is 30.8 Å². The van der Waals surface area contributed by atoms with Crippen molar-refractivity contribution >= 4 is 17.5 Å². The van der Waals surface area contributed by atoms with Crippen molar-refractivity contribution in [3.63, 3.8) is 0 Å². The van der Waals surface area contributed by atoms with Crippen LogP contribution in [0.5, 0.6) is 0 Å². The first kappa shape index (κ1) is 22.5. The third-order valence-electron chi connectivity index (χ3n) is 5.66. The number of carbonyl (C=O) groups is 2. The monoisotopic (exact) mass is 423 g/mol. The molecule has 1 N–H and O–H groups in total. The molecule has 0 saturated carbocycles. The van der Waals surface area contributed by atoms with E-state index in [1.54, 1.807) is 17.0 Å². The van der Waals surface area contributed by atoms with Crippen LogP contribution in [0.15, 0.2) is 48.5 Å². The van der Waals surface area contributed by atoms with Gasteiger partial charge in [0.2, 0.25) is 5.91 Å². The maximum atomic E-state index is 13.4. The lowest BCUT2D eigenvalue weighted by molar-refractivity contribution is -0.384. The summed E-state index contributed by atoms with van der Waals surface area (Å²) in [4.78, 5) is 38.2. The fourth-order valence-electron chi connectivity index (χ4n) is 3.82. The number of aryl methyl sites for hydroxylation is 1. The van der Waals surface area contributed by atoms with Gasteiger partial charge in [0.15, 0.2) is 0 Å². The minimum atomic E-state index is -0.565. The van der Waals surface area contributed by atoms with Gasteiger partial charge in [-0.05, 0) is 55.4 Å². The predicted molar refractivity (Wildman–Crippen MR) is 119 cm³/mol. The number of nitrogens with zero attached hydrogens (tertiary/aromatic N) is 2. The smallest absolute Gasteiger partial charge is 0.269 e. The molecule has 7 nitrogen and oxygen atoms in total. The van der Waals surface area contributed by atoms with E-state index in [-0.39, 0.29) is 24.0 Å². The molecule has 1 heterocycles. The Bertz CT molecular complexity index is 909. The Balaban J connectivity index is 1.86. The lowest BCUT2D eigenvalue weighted by Crippen LogP contribution is -2.48. The summed E-state index contributed by atoms with van der Waals surface area (Å²) in [6.45, 7) is 2.97. The summed E-state index contributed by atoms with van der Waals surface area (Å²) in [6.07, 6.45) is 5.52. The molecule has 0 radical (unpaired) electrons. The number of hydrogen-bond donors (Lipinski definition) is 1. The van der Waals surface area contributed by atoms with Gasteiger partial charge >= 0.3 is 0 Å². The molecule has 0 aliphatic carbocycles. The third-order valence-corrected chi connectivity index (χ3v) is 5.66. The largest absolute Gasteiger partial charge is 0.354 e. The molecule has 2 amide bonds. The molecular formula is C24H29N3O4. The number of nitro benzene ring substituents is 1. The number of nitrogens with one attached hydrogen (secondary N) is 1. The van der Waals surface area contributed by atoms with Gasteiger partial charge in [0.05, 0.1) is 4.92 Å². The summed E-state index contributed by atoms with van der Waals surface area (Å²) < 4.78 is 0. The van der Waals surface area contributed by atoms with Crippen molar-refractivity contribution in [3.05, 3.63) is 75.3 Å². The first-order valence-corrected chi connectivity index (χ1v) is 10.9. The number of hydrogen-bond acceptors (Lipinski definition) is 4. The molecule has 164 valence electrons. The maximum Gasteiger partial charge on any atom is 0.269 e. The van der Waals surface area contributed by atoms with Crippen LogP contribution >= 0.6 is 0 Å². The van der Waals surface area contributed by atoms with Gasteiger partial charge in [-0.2, -0.15) is 0 Å². The fourth-order valence-corrected chi connectivity index (χ4v) is 3.82. The Morgan fingerprint density at radius 2 is 1.77 bits per heavy atom. The summed E-state index contributed by atoms with van der Waals surface area (Å²) in [5.41, 5.74) is 2.47. The Labute approximate surface area is 182 Å². The van der Waals surface area contributed by atoms with Crippen LogP contribution in [0.4, 0.5) is 5.69 Å². The van der Waals surface area contributed by atoms with Gasteiger partial charge in [-0.15, -0.1) is 0 Å². The van der Waals surface area contributed by atoms with E-state index in [1.165, 1.54) is 17.7 Å². The Morgan fingerprint density at radius 3 is 2.42 bits per heavy atom. The van der Waals surface area contributed by atoms with Gasteiger partial charge < -0.3 is 10.2 Å². The summed E-state index contributed by atoms with van der Waals surface area (Å²) in [7, 11) is 0. The minimum absolute atomic E-state index is 0.00324. The van der Waals surface area contributed by atoms with Crippen molar-refractivity contribution in [3.8, 4) is 0 Å². The van der Waals surface area contributed by atoms with E-state index in [4.69, 9.17) is 0 Å². The molecule has 1 aliphatic rings. The molecule has 1 aliphatic heterocycles. The molecule has 1 fully saturated rings. The molecule has 2 aromatic carbocycles. The van der Waals surface area contributed by atoms with E-state index in [0.29, 0.717) is 18.5 Å². The van der Waals surface area contributed by atoms with E-state index in [9.17, 15) is 19.7 Å². The molecule has 7 heteroatoms. The minimum Gasteiger partial charge on any atom is -0.354 e. The second-order valence-electron chi connectivity index (χ2n) is 7.96. The SMILES string of the molecule is CCCCc1ccc(C(=O)N(Cc2ccc([N+](=O)[O-])cc2)C2CCCCNC2=O)cc1. The van der Waals surface area contributed by atoms with Gasteiger partial charge in [-0.25, -0.2) is 0 Å². The van der Waals surface area contributed by atoms with E-state index < -0.39 is 11.0 Å². The van der Waals surface area contributed by atoms with Crippen LogP contribution in [0.3, 0.4) is 0 Å². The van der Waals surface area contributed by atoms with Crippen LogP contribution in [-0.2, 0) is 17.8 Å². The molecule has 0 spiro atoms. The highest BCUT2D eigenvalue weighted by molar-refractivity contribution is 5.97. The Morgan fingerprint density at radius 1 is 1.10 bits per heavy atom. The normalized spacial score (nSPS) is 16.3. The topological polar surface area (TPSA) is 92.6 Å². The molecule has 2 aromatic rings. The van der Waals surface area contributed by atoms with Crippen LogP contribution < -0.4 is 5.32 Å². The van der Waals surface area contributed by atoms with E-state index in [0.717, 1.165) is 37.7 Å². The van der Waals surface area contributed by atoms with Gasteiger partial charge in [0.25, 0.3) is 11.6 Å². The zero-order valence-electron chi connectivity index (χ0n) is 17.9. The summed E-state index contributed by atoms with van der Waals surface area (Å²) in [5, 5.41) is 13.8. The van der Waals surface area contributed by atoms with Crippen molar-refractivity contribution in [1.29, 1.82) is 0 Å². The molecule has 1 atom stereocenters. The molecule has 0 bridgehead atoms. The Hall–Kier alpha value is -3.22. The number of non-ortho nitro benzene ring substituents is 1. The van der Waals surface area contributed by atoms with Crippen molar-refractivity contribution in [2.24, 2.45) is 0 Å². The van der Waals surface area contributed by atoms with E-state index in [2.05, 4.69) is 12.2 Å². The van der Waals surface area contributed by atoms with Crippen LogP contribution in [0.1, 0.15) is 60.5 Å². The summed E-state index contributed by atoms with van der Waals surface area (Å²) in [6, 6.07) is 13.2. The second kappa shape index (κ2) is 10.7. The zero-order chi connectivity index (χ0) is 22.2. The molecule has 1 unspecified atom stereocenters. The quantitative estimate of drug-likeness (QED) is 0.507.